The van der Waals surface area contributed by atoms with E-state index >= 15 is 0 Å². The molecule has 108 valence electrons. The highest BCUT2D eigenvalue weighted by atomic mass is 32.1. The van der Waals surface area contributed by atoms with Crippen molar-refractivity contribution in [2.24, 2.45) is 0 Å². The van der Waals surface area contributed by atoms with Gasteiger partial charge in [0.15, 0.2) is 0 Å². The Hall–Kier alpha value is -1.30. The summed E-state index contributed by atoms with van der Waals surface area (Å²) < 4.78 is 26.7. The average Bonchev–Trinajstić information content (AvgIpc) is 2.77. The van der Waals surface area contributed by atoms with Gasteiger partial charge >= 0.3 is 0 Å². The quantitative estimate of drug-likeness (QED) is 0.913. The van der Waals surface area contributed by atoms with E-state index < -0.39 is 17.7 Å². The molecular weight excluding hydrogens is 280 g/mol. The fourth-order valence-corrected chi connectivity index (χ4v) is 3.03. The van der Waals surface area contributed by atoms with Crippen molar-refractivity contribution in [3.05, 3.63) is 57.3 Å². The van der Waals surface area contributed by atoms with Crippen LogP contribution in [-0.2, 0) is 6.54 Å². The predicted molar refractivity (Wildman–Crippen MR) is 76.7 cm³/mol. The number of hydrogen-bond acceptors (Lipinski definition) is 3. The Bertz CT molecular complexity index is 585. The van der Waals surface area contributed by atoms with Crippen LogP contribution in [0.5, 0.6) is 0 Å². The molecule has 2 rings (SSSR count). The average molecular weight is 297 g/mol. The molecule has 1 aromatic heterocycles. The molecule has 0 spiro atoms. The minimum atomic E-state index is -1.04. The number of aliphatic hydroxyl groups is 1. The molecule has 0 aliphatic heterocycles. The maximum Gasteiger partial charge on any atom is 0.129 e. The van der Waals surface area contributed by atoms with E-state index in [1.807, 2.05) is 31.0 Å². The third-order valence-corrected chi connectivity index (χ3v) is 4.01. The number of benzene rings is 1. The number of hydrogen-bond donors (Lipinski definition) is 1. The predicted octanol–water partition coefficient (Wildman–Crippen LogP) is 3.50. The fraction of sp³-hybridized carbons (Fsp3) is 0.333. The number of aliphatic hydroxyl groups excluding tert-OH is 1. The second-order valence-corrected chi connectivity index (χ2v) is 6.26. The van der Waals surface area contributed by atoms with Crippen molar-refractivity contribution in [3.63, 3.8) is 0 Å². The van der Waals surface area contributed by atoms with E-state index in [0.29, 0.717) is 6.54 Å². The number of likely N-dealkylation sites (N-methyl/N-ethyl adjacent to an activating group) is 1. The van der Waals surface area contributed by atoms with Crippen LogP contribution in [0, 0.1) is 18.6 Å². The first-order valence-corrected chi connectivity index (χ1v) is 7.14. The first kappa shape index (κ1) is 15.1. The van der Waals surface area contributed by atoms with Gasteiger partial charge in [-0.25, -0.2) is 8.78 Å². The van der Waals surface area contributed by atoms with Gasteiger partial charge in [0.05, 0.1) is 6.10 Å². The minimum absolute atomic E-state index is 0.000731. The van der Waals surface area contributed by atoms with Crippen LogP contribution in [0.15, 0.2) is 30.3 Å². The summed E-state index contributed by atoms with van der Waals surface area (Å²) in [5, 5.41) is 10.0. The first-order chi connectivity index (χ1) is 9.45. The summed E-state index contributed by atoms with van der Waals surface area (Å²) in [6, 6.07) is 7.20. The minimum Gasteiger partial charge on any atom is -0.387 e. The van der Waals surface area contributed by atoms with Crippen LogP contribution in [0.4, 0.5) is 8.78 Å². The second-order valence-electron chi connectivity index (χ2n) is 4.89. The third kappa shape index (κ3) is 3.85. The molecule has 2 aromatic rings. The Kier molecular flexibility index (Phi) is 4.86. The summed E-state index contributed by atoms with van der Waals surface area (Å²) in [7, 11) is 1.84. The molecule has 0 bridgehead atoms. The molecule has 0 fully saturated rings. The summed E-state index contributed by atoms with van der Waals surface area (Å²) in [5.41, 5.74) is -0.000731. The third-order valence-electron chi connectivity index (χ3n) is 3.02. The van der Waals surface area contributed by atoms with Crippen LogP contribution in [-0.4, -0.2) is 23.6 Å². The van der Waals surface area contributed by atoms with Gasteiger partial charge in [0.25, 0.3) is 0 Å². The monoisotopic (exact) mass is 297 g/mol. The van der Waals surface area contributed by atoms with Crippen LogP contribution in [0.1, 0.15) is 21.4 Å². The molecule has 1 aromatic carbocycles. The number of rotatable bonds is 5. The van der Waals surface area contributed by atoms with Gasteiger partial charge in [-0.2, -0.15) is 0 Å². The van der Waals surface area contributed by atoms with Gasteiger partial charge in [0.2, 0.25) is 0 Å². The standard InChI is InChI=1S/C15H17F2NOS/c1-10-3-5-12(20-10)8-18(2)9-15(19)13-7-11(16)4-6-14(13)17/h3-7,15,19H,8-9H2,1-2H3. The highest BCUT2D eigenvalue weighted by Crippen LogP contribution is 2.21. The van der Waals surface area contributed by atoms with E-state index in [2.05, 4.69) is 0 Å². The summed E-state index contributed by atoms with van der Waals surface area (Å²) >= 11 is 1.69. The van der Waals surface area contributed by atoms with Crippen molar-refractivity contribution in [2.75, 3.05) is 13.6 Å². The van der Waals surface area contributed by atoms with E-state index in [0.717, 1.165) is 18.2 Å². The Morgan fingerprint density at radius 3 is 2.65 bits per heavy atom. The lowest BCUT2D eigenvalue weighted by atomic mass is 10.1. The van der Waals surface area contributed by atoms with Gasteiger partial charge in [0, 0.05) is 28.4 Å². The molecule has 0 amide bonds. The molecular formula is C15H17F2NOS. The first-order valence-electron chi connectivity index (χ1n) is 6.32. The van der Waals surface area contributed by atoms with Crippen LogP contribution in [0.3, 0.4) is 0 Å². The van der Waals surface area contributed by atoms with Crippen molar-refractivity contribution >= 4 is 11.3 Å². The molecule has 0 saturated carbocycles. The molecule has 1 N–H and O–H groups in total. The SMILES string of the molecule is Cc1ccc(CN(C)CC(O)c2cc(F)ccc2F)s1. The second kappa shape index (κ2) is 6.43. The van der Waals surface area contributed by atoms with Crippen LogP contribution >= 0.6 is 11.3 Å². The van der Waals surface area contributed by atoms with Gasteiger partial charge < -0.3 is 5.11 Å². The Balaban J connectivity index is 1.99. The van der Waals surface area contributed by atoms with Gasteiger partial charge in [-0.05, 0) is 44.3 Å². The van der Waals surface area contributed by atoms with E-state index in [-0.39, 0.29) is 12.1 Å². The molecule has 0 saturated heterocycles. The van der Waals surface area contributed by atoms with Crippen LogP contribution < -0.4 is 0 Å². The van der Waals surface area contributed by atoms with E-state index in [1.54, 1.807) is 11.3 Å². The number of aryl methyl sites for hydroxylation is 1. The molecule has 0 aliphatic carbocycles. The topological polar surface area (TPSA) is 23.5 Å². The molecule has 2 nitrogen and oxygen atoms in total. The van der Waals surface area contributed by atoms with Crippen molar-refractivity contribution in [3.8, 4) is 0 Å². The fourth-order valence-electron chi connectivity index (χ4n) is 2.06. The molecule has 1 unspecified atom stereocenters. The van der Waals surface area contributed by atoms with Crippen molar-refractivity contribution < 1.29 is 13.9 Å². The molecule has 1 atom stereocenters. The molecule has 20 heavy (non-hydrogen) atoms. The normalized spacial score (nSPS) is 12.9. The molecule has 5 heteroatoms. The van der Waals surface area contributed by atoms with E-state index in [9.17, 15) is 13.9 Å². The lowest BCUT2D eigenvalue weighted by molar-refractivity contribution is 0.120. The highest BCUT2D eigenvalue weighted by molar-refractivity contribution is 7.11. The maximum atomic E-state index is 13.6. The summed E-state index contributed by atoms with van der Waals surface area (Å²) in [5.74, 6) is -1.13. The van der Waals surface area contributed by atoms with Crippen LogP contribution in [0.2, 0.25) is 0 Å². The van der Waals surface area contributed by atoms with Crippen LogP contribution in [0.25, 0.3) is 0 Å². The van der Waals surface area contributed by atoms with Crippen molar-refractivity contribution in [2.45, 2.75) is 19.6 Å². The smallest absolute Gasteiger partial charge is 0.129 e. The van der Waals surface area contributed by atoms with Gasteiger partial charge in [0.1, 0.15) is 11.6 Å². The highest BCUT2D eigenvalue weighted by Gasteiger charge is 2.16. The lowest BCUT2D eigenvalue weighted by Gasteiger charge is -2.20. The Morgan fingerprint density at radius 1 is 1.25 bits per heavy atom. The largest absolute Gasteiger partial charge is 0.387 e. The van der Waals surface area contributed by atoms with Gasteiger partial charge in [-0.15, -0.1) is 11.3 Å². The lowest BCUT2D eigenvalue weighted by Crippen LogP contribution is -2.24. The molecule has 0 radical (unpaired) electrons. The Morgan fingerprint density at radius 2 is 2.00 bits per heavy atom. The van der Waals surface area contributed by atoms with E-state index in [1.165, 1.54) is 9.75 Å². The van der Waals surface area contributed by atoms with Crippen molar-refractivity contribution in [1.29, 1.82) is 0 Å². The molecule has 1 heterocycles. The zero-order valence-corrected chi connectivity index (χ0v) is 12.3. The van der Waals surface area contributed by atoms with Gasteiger partial charge in [-0.3, -0.25) is 4.90 Å². The van der Waals surface area contributed by atoms with Gasteiger partial charge in [-0.1, -0.05) is 0 Å². The number of thiophene rings is 1. The number of nitrogens with zero attached hydrogens (tertiary/aromatic N) is 1. The zero-order valence-electron chi connectivity index (χ0n) is 11.4. The number of halogens is 2. The van der Waals surface area contributed by atoms with E-state index in [4.69, 9.17) is 0 Å². The summed E-state index contributed by atoms with van der Waals surface area (Å²) in [4.78, 5) is 4.29. The summed E-state index contributed by atoms with van der Waals surface area (Å²) in [6.45, 7) is 2.95. The summed E-state index contributed by atoms with van der Waals surface area (Å²) in [6.07, 6.45) is -1.04. The zero-order chi connectivity index (χ0) is 14.7. The Labute approximate surface area is 121 Å². The van der Waals surface area contributed by atoms with Crippen molar-refractivity contribution in [1.82, 2.24) is 4.90 Å². The molecule has 0 aliphatic rings. The maximum absolute atomic E-state index is 13.6.